The second-order valence-corrected chi connectivity index (χ2v) is 3.90. The molecule has 0 fully saturated rings. The highest BCUT2D eigenvalue weighted by Crippen LogP contribution is 2.30. The van der Waals surface area contributed by atoms with Gasteiger partial charge in [-0.2, -0.15) is 0 Å². The topological polar surface area (TPSA) is 69.2 Å². The van der Waals surface area contributed by atoms with Gasteiger partial charge in [-0.15, -0.1) is 0 Å². The fourth-order valence-corrected chi connectivity index (χ4v) is 1.70. The molecule has 0 bridgehead atoms. The van der Waals surface area contributed by atoms with Gasteiger partial charge in [-0.25, -0.2) is 15.0 Å². The summed E-state index contributed by atoms with van der Waals surface area (Å²) in [5.74, 6) is 1.72. The monoisotopic (exact) mass is 264 g/mol. The molecular weight excluding hydrogens is 256 g/mol. The molecule has 1 aliphatic rings. The zero-order valence-corrected chi connectivity index (χ0v) is 10.0. The molecule has 3 heterocycles. The Balaban J connectivity index is 1.85. The first kappa shape index (κ1) is 11.0. The van der Waals surface area contributed by atoms with Crippen molar-refractivity contribution in [2.45, 2.75) is 0 Å². The first-order valence-corrected chi connectivity index (χ1v) is 5.70. The normalized spacial score (nSPS) is 13.2. The van der Waals surface area contributed by atoms with Crippen LogP contribution in [0.1, 0.15) is 0 Å². The Hall–Kier alpha value is -2.08. The third-order valence-corrected chi connectivity index (χ3v) is 2.48. The van der Waals surface area contributed by atoms with Gasteiger partial charge in [-0.3, -0.25) is 0 Å². The largest absolute Gasteiger partial charge is 0.484 e. The molecule has 92 valence electrons. The van der Waals surface area contributed by atoms with Crippen molar-refractivity contribution >= 4 is 23.1 Å². The molecule has 18 heavy (non-hydrogen) atoms. The number of anilines is 2. The number of hydrogen-bond donors (Lipinski definition) is 1. The fourth-order valence-electron chi connectivity index (χ4n) is 1.55. The first-order valence-electron chi connectivity index (χ1n) is 5.32. The van der Waals surface area contributed by atoms with E-state index in [1.807, 2.05) is 0 Å². The Bertz CT molecular complexity index is 579. The summed E-state index contributed by atoms with van der Waals surface area (Å²) in [5, 5.41) is 3.25. The standard InChI is InChI=1S/C11H9ClN4O2/c12-11-13-2-1-9(16-11)15-7-5-8-10(14-6-7)18-4-3-17-8/h1-2,5-6H,3-4H2,(H,13,15,16). The molecule has 0 amide bonds. The molecule has 0 atom stereocenters. The molecule has 2 aromatic heterocycles. The second-order valence-electron chi connectivity index (χ2n) is 3.56. The van der Waals surface area contributed by atoms with Crippen LogP contribution in [0.4, 0.5) is 11.5 Å². The molecule has 0 saturated heterocycles. The minimum absolute atomic E-state index is 0.186. The molecule has 0 aromatic carbocycles. The molecule has 0 unspecified atom stereocenters. The van der Waals surface area contributed by atoms with Crippen LogP contribution in [0.2, 0.25) is 5.28 Å². The van der Waals surface area contributed by atoms with Crippen molar-refractivity contribution in [3.05, 3.63) is 29.8 Å². The lowest BCUT2D eigenvalue weighted by atomic mass is 10.3. The van der Waals surface area contributed by atoms with E-state index in [4.69, 9.17) is 21.1 Å². The molecule has 6 nitrogen and oxygen atoms in total. The van der Waals surface area contributed by atoms with Gasteiger partial charge in [0.25, 0.3) is 5.88 Å². The average Bonchev–Trinajstić information content (AvgIpc) is 2.39. The highest BCUT2D eigenvalue weighted by atomic mass is 35.5. The van der Waals surface area contributed by atoms with Crippen LogP contribution < -0.4 is 14.8 Å². The summed E-state index contributed by atoms with van der Waals surface area (Å²) in [7, 11) is 0. The molecule has 3 rings (SSSR count). The highest BCUT2D eigenvalue weighted by molar-refractivity contribution is 6.28. The van der Waals surface area contributed by atoms with Gasteiger partial charge in [0, 0.05) is 12.3 Å². The van der Waals surface area contributed by atoms with Crippen LogP contribution in [0, 0.1) is 0 Å². The number of ether oxygens (including phenoxy) is 2. The molecular formula is C11H9ClN4O2. The molecule has 1 N–H and O–H groups in total. The first-order chi connectivity index (χ1) is 8.81. The number of fused-ring (bicyclic) bond motifs is 1. The molecule has 0 saturated carbocycles. The number of pyridine rings is 1. The number of halogens is 1. The Labute approximate surface area is 108 Å². The van der Waals surface area contributed by atoms with Crippen LogP contribution in [0.5, 0.6) is 11.6 Å². The SMILES string of the molecule is Clc1nccc(Nc2cnc3c(c2)OCCO3)n1. The summed E-state index contributed by atoms with van der Waals surface area (Å²) in [6.07, 6.45) is 3.21. The minimum atomic E-state index is 0.186. The van der Waals surface area contributed by atoms with Gasteiger partial charge < -0.3 is 14.8 Å². The van der Waals surface area contributed by atoms with E-state index in [1.54, 1.807) is 24.5 Å². The number of nitrogens with zero attached hydrogens (tertiary/aromatic N) is 3. The van der Waals surface area contributed by atoms with Gasteiger partial charge in [0.05, 0.1) is 11.9 Å². The molecule has 0 spiro atoms. The third-order valence-electron chi connectivity index (χ3n) is 2.30. The summed E-state index contributed by atoms with van der Waals surface area (Å²) >= 11 is 5.70. The maximum absolute atomic E-state index is 5.70. The van der Waals surface area contributed by atoms with Crippen molar-refractivity contribution in [1.29, 1.82) is 0 Å². The van der Waals surface area contributed by atoms with Crippen molar-refractivity contribution in [2.75, 3.05) is 18.5 Å². The van der Waals surface area contributed by atoms with Crippen LogP contribution in [0.25, 0.3) is 0 Å². The van der Waals surface area contributed by atoms with Gasteiger partial charge in [0.2, 0.25) is 5.28 Å². The fraction of sp³-hybridized carbons (Fsp3) is 0.182. The zero-order valence-electron chi connectivity index (χ0n) is 9.26. The number of rotatable bonds is 2. The predicted molar refractivity (Wildman–Crippen MR) is 65.6 cm³/mol. The van der Waals surface area contributed by atoms with E-state index in [0.29, 0.717) is 30.7 Å². The highest BCUT2D eigenvalue weighted by Gasteiger charge is 2.13. The van der Waals surface area contributed by atoms with Crippen molar-refractivity contribution in [2.24, 2.45) is 0 Å². The maximum atomic E-state index is 5.70. The number of hydrogen-bond acceptors (Lipinski definition) is 6. The maximum Gasteiger partial charge on any atom is 0.257 e. The summed E-state index contributed by atoms with van der Waals surface area (Å²) < 4.78 is 10.8. The summed E-state index contributed by atoms with van der Waals surface area (Å²) in [5.41, 5.74) is 0.744. The quantitative estimate of drug-likeness (QED) is 0.837. The van der Waals surface area contributed by atoms with E-state index in [0.717, 1.165) is 5.69 Å². The molecule has 0 radical (unpaired) electrons. The smallest absolute Gasteiger partial charge is 0.257 e. The van der Waals surface area contributed by atoms with E-state index >= 15 is 0 Å². The lowest BCUT2D eigenvalue weighted by Gasteiger charge is -2.17. The minimum Gasteiger partial charge on any atom is -0.484 e. The Morgan fingerprint density at radius 2 is 2.11 bits per heavy atom. The van der Waals surface area contributed by atoms with Crippen LogP contribution in [-0.4, -0.2) is 28.2 Å². The molecule has 2 aromatic rings. The molecule has 7 heteroatoms. The van der Waals surface area contributed by atoms with Crippen LogP contribution >= 0.6 is 11.6 Å². The van der Waals surface area contributed by atoms with Crippen LogP contribution in [0.15, 0.2) is 24.5 Å². The lowest BCUT2D eigenvalue weighted by Crippen LogP contribution is -2.16. The summed E-state index contributed by atoms with van der Waals surface area (Å²) in [4.78, 5) is 12.0. The van der Waals surface area contributed by atoms with Gasteiger partial charge in [0.1, 0.15) is 19.0 Å². The zero-order chi connectivity index (χ0) is 12.4. The van der Waals surface area contributed by atoms with E-state index in [9.17, 15) is 0 Å². The van der Waals surface area contributed by atoms with Gasteiger partial charge >= 0.3 is 0 Å². The van der Waals surface area contributed by atoms with Crippen LogP contribution in [0.3, 0.4) is 0 Å². The summed E-state index contributed by atoms with van der Waals surface area (Å²) in [6, 6.07) is 3.51. The Morgan fingerprint density at radius 1 is 1.22 bits per heavy atom. The third kappa shape index (κ3) is 2.28. The van der Waals surface area contributed by atoms with Gasteiger partial charge in [-0.05, 0) is 17.7 Å². The van der Waals surface area contributed by atoms with Gasteiger partial charge in [0.15, 0.2) is 5.75 Å². The summed E-state index contributed by atoms with van der Waals surface area (Å²) in [6.45, 7) is 1.05. The van der Waals surface area contributed by atoms with Crippen molar-refractivity contribution in [1.82, 2.24) is 15.0 Å². The van der Waals surface area contributed by atoms with E-state index in [-0.39, 0.29) is 5.28 Å². The van der Waals surface area contributed by atoms with Gasteiger partial charge in [-0.1, -0.05) is 0 Å². The van der Waals surface area contributed by atoms with Crippen LogP contribution in [-0.2, 0) is 0 Å². The average molecular weight is 265 g/mol. The van der Waals surface area contributed by atoms with E-state index < -0.39 is 0 Å². The van der Waals surface area contributed by atoms with Crippen molar-refractivity contribution in [3.63, 3.8) is 0 Å². The predicted octanol–water partition coefficient (Wildman–Crippen LogP) is 2.04. The Kier molecular flexibility index (Phi) is 2.85. The van der Waals surface area contributed by atoms with Crippen molar-refractivity contribution in [3.8, 4) is 11.6 Å². The van der Waals surface area contributed by atoms with E-state index in [2.05, 4.69) is 20.3 Å². The number of nitrogens with one attached hydrogen (secondary N) is 1. The lowest BCUT2D eigenvalue weighted by molar-refractivity contribution is 0.164. The molecule has 1 aliphatic heterocycles. The van der Waals surface area contributed by atoms with E-state index in [1.165, 1.54) is 0 Å². The second kappa shape index (κ2) is 4.66. The molecule has 0 aliphatic carbocycles. The van der Waals surface area contributed by atoms with Crippen molar-refractivity contribution < 1.29 is 9.47 Å². The Morgan fingerprint density at radius 3 is 3.00 bits per heavy atom. The number of aromatic nitrogens is 3.